The van der Waals surface area contributed by atoms with Gasteiger partial charge in [0.05, 0.1) is 11.0 Å². The normalized spacial score (nSPS) is 19.3. The van der Waals surface area contributed by atoms with E-state index in [9.17, 15) is 0 Å². The number of aryl methyl sites for hydroxylation is 2. The molecule has 0 bridgehead atoms. The quantitative estimate of drug-likeness (QED) is 0.679. The molecule has 0 amide bonds. The van der Waals surface area contributed by atoms with Crippen molar-refractivity contribution in [1.29, 1.82) is 0 Å². The molecule has 0 aliphatic carbocycles. The topological polar surface area (TPSA) is 41.9 Å². The molecule has 4 heterocycles. The standard InChI is InChI=1S/C23H28N4/c1-16-10-20(11-17(2)26-16)12-19-6-5-9-27(15-19)18(3)21-13-23-22(25-14-21)7-4-8-24-23/h4,7-8,10-11,13-14,18-19H,5-6,9,12,15H2,1-3H3/t18-,19-/m1/s1. The van der Waals surface area contributed by atoms with E-state index in [0.717, 1.165) is 41.9 Å². The van der Waals surface area contributed by atoms with Crippen LogP contribution >= 0.6 is 0 Å². The molecule has 0 aromatic carbocycles. The van der Waals surface area contributed by atoms with Gasteiger partial charge in [0.25, 0.3) is 0 Å². The lowest BCUT2D eigenvalue weighted by molar-refractivity contribution is 0.131. The molecule has 3 aromatic heterocycles. The molecule has 0 N–H and O–H groups in total. The van der Waals surface area contributed by atoms with Gasteiger partial charge in [-0.15, -0.1) is 0 Å². The second-order valence-electron chi connectivity index (χ2n) is 7.95. The van der Waals surface area contributed by atoms with E-state index in [4.69, 9.17) is 0 Å². The first-order chi connectivity index (χ1) is 13.1. The van der Waals surface area contributed by atoms with Crippen LogP contribution in [0.1, 0.15) is 48.3 Å². The summed E-state index contributed by atoms with van der Waals surface area (Å²) in [6, 6.07) is 11.0. The number of hydrogen-bond acceptors (Lipinski definition) is 4. The fraction of sp³-hybridized carbons (Fsp3) is 0.435. The maximum atomic E-state index is 4.61. The Bertz CT molecular complexity index is 916. The third kappa shape index (κ3) is 4.16. The van der Waals surface area contributed by atoms with Crippen molar-refractivity contribution in [2.45, 2.75) is 46.1 Å². The van der Waals surface area contributed by atoms with E-state index in [0.29, 0.717) is 12.0 Å². The molecule has 0 saturated carbocycles. The fourth-order valence-corrected chi connectivity index (χ4v) is 4.40. The van der Waals surface area contributed by atoms with Crippen LogP contribution in [-0.2, 0) is 6.42 Å². The Balaban J connectivity index is 1.48. The van der Waals surface area contributed by atoms with Gasteiger partial charge < -0.3 is 0 Å². The molecule has 4 heteroatoms. The largest absolute Gasteiger partial charge is 0.296 e. The van der Waals surface area contributed by atoms with E-state index >= 15 is 0 Å². The minimum absolute atomic E-state index is 0.368. The highest BCUT2D eigenvalue weighted by Crippen LogP contribution is 2.29. The molecule has 0 spiro atoms. The molecule has 1 aliphatic heterocycles. The van der Waals surface area contributed by atoms with Crippen LogP contribution in [0.3, 0.4) is 0 Å². The van der Waals surface area contributed by atoms with Crippen molar-refractivity contribution in [3.8, 4) is 0 Å². The predicted octanol–water partition coefficient (Wildman–Crippen LogP) is 4.66. The molecule has 1 saturated heterocycles. The van der Waals surface area contributed by atoms with E-state index in [-0.39, 0.29) is 0 Å². The number of rotatable bonds is 4. The van der Waals surface area contributed by atoms with E-state index in [1.807, 2.05) is 24.5 Å². The van der Waals surface area contributed by atoms with Gasteiger partial charge >= 0.3 is 0 Å². The summed E-state index contributed by atoms with van der Waals surface area (Å²) >= 11 is 0. The van der Waals surface area contributed by atoms with Gasteiger partial charge in [-0.1, -0.05) is 0 Å². The fourth-order valence-electron chi connectivity index (χ4n) is 4.40. The highest BCUT2D eigenvalue weighted by molar-refractivity contribution is 5.74. The Kier molecular flexibility index (Phi) is 5.17. The molecule has 1 aliphatic rings. The van der Waals surface area contributed by atoms with Crippen LogP contribution in [0.2, 0.25) is 0 Å². The Hall–Kier alpha value is -2.33. The summed E-state index contributed by atoms with van der Waals surface area (Å²) in [5.74, 6) is 0.703. The van der Waals surface area contributed by atoms with E-state index in [1.54, 1.807) is 0 Å². The van der Waals surface area contributed by atoms with Gasteiger partial charge in [-0.2, -0.15) is 0 Å². The lowest BCUT2D eigenvalue weighted by atomic mass is 9.90. The summed E-state index contributed by atoms with van der Waals surface area (Å²) < 4.78 is 0. The van der Waals surface area contributed by atoms with Crippen molar-refractivity contribution in [3.05, 3.63) is 65.2 Å². The summed E-state index contributed by atoms with van der Waals surface area (Å²) in [4.78, 5) is 16.2. The average Bonchev–Trinajstić information content (AvgIpc) is 2.66. The number of pyridine rings is 3. The number of fused-ring (bicyclic) bond motifs is 1. The van der Waals surface area contributed by atoms with Gasteiger partial charge in [-0.25, -0.2) is 0 Å². The smallest absolute Gasteiger partial charge is 0.0890 e. The summed E-state index contributed by atoms with van der Waals surface area (Å²) in [6.45, 7) is 8.78. The molecule has 4 rings (SSSR count). The maximum absolute atomic E-state index is 4.61. The van der Waals surface area contributed by atoms with Gasteiger partial charge in [-0.3, -0.25) is 19.9 Å². The predicted molar refractivity (Wildman–Crippen MR) is 110 cm³/mol. The van der Waals surface area contributed by atoms with Gasteiger partial charge in [0.15, 0.2) is 0 Å². The van der Waals surface area contributed by atoms with E-state index in [2.05, 4.69) is 58.8 Å². The average molecular weight is 361 g/mol. The highest BCUT2D eigenvalue weighted by Gasteiger charge is 2.25. The van der Waals surface area contributed by atoms with Crippen molar-refractivity contribution in [2.24, 2.45) is 5.92 Å². The summed E-state index contributed by atoms with van der Waals surface area (Å²) in [5, 5.41) is 0. The first-order valence-electron chi connectivity index (χ1n) is 9.97. The molecular weight excluding hydrogens is 332 g/mol. The van der Waals surface area contributed by atoms with Crippen LogP contribution < -0.4 is 0 Å². The number of nitrogens with zero attached hydrogens (tertiary/aromatic N) is 4. The lowest BCUT2D eigenvalue weighted by Gasteiger charge is -2.37. The molecule has 3 aromatic rings. The molecule has 1 fully saturated rings. The Morgan fingerprint density at radius 3 is 2.74 bits per heavy atom. The van der Waals surface area contributed by atoms with Gasteiger partial charge in [0.2, 0.25) is 0 Å². The summed E-state index contributed by atoms with van der Waals surface area (Å²) in [6.07, 6.45) is 7.57. The van der Waals surface area contributed by atoms with Gasteiger partial charge in [0, 0.05) is 36.4 Å². The van der Waals surface area contributed by atoms with Crippen molar-refractivity contribution >= 4 is 11.0 Å². The Morgan fingerprint density at radius 2 is 1.93 bits per heavy atom. The molecule has 0 radical (unpaired) electrons. The van der Waals surface area contributed by atoms with Crippen molar-refractivity contribution in [3.63, 3.8) is 0 Å². The van der Waals surface area contributed by atoms with Crippen molar-refractivity contribution < 1.29 is 0 Å². The lowest BCUT2D eigenvalue weighted by Crippen LogP contribution is -2.38. The van der Waals surface area contributed by atoms with Crippen LogP contribution in [0.4, 0.5) is 0 Å². The minimum Gasteiger partial charge on any atom is -0.296 e. The second-order valence-corrected chi connectivity index (χ2v) is 7.95. The second kappa shape index (κ2) is 7.73. The first kappa shape index (κ1) is 18.1. The summed E-state index contributed by atoms with van der Waals surface area (Å²) in [5.41, 5.74) is 6.89. The highest BCUT2D eigenvalue weighted by atomic mass is 15.2. The molecule has 4 nitrogen and oxygen atoms in total. The minimum atomic E-state index is 0.368. The zero-order valence-electron chi connectivity index (χ0n) is 16.5. The van der Waals surface area contributed by atoms with Crippen LogP contribution in [0, 0.1) is 19.8 Å². The molecule has 0 unspecified atom stereocenters. The van der Waals surface area contributed by atoms with Crippen LogP contribution in [-0.4, -0.2) is 32.9 Å². The monoisotopic (exact) mass is 360 g/mol. The van der Waals surface area contributed by atoms with Gasteiger partial charge in [-0.05, 0) is 94.0 Å². The first-order valence-corrected chi connectivity index (χ1v) is 9.97. The van der Waals surface area contributed by atoms with Crippen LogP contribution in [0.15, 0.2) is 42.7 Å². The van der Waals surface area contributed by atoms with E-state index in [1.165, 1.54) is 24.0 Å². The third-order valence-electron chi connectivity index (χ3n) is 5.72. The molecule has 140 valence electrons. The number of hydrogen-bond donors (Lipinski definition) is 0. The zero-order chi connectivity index (χ0) is 18.8. The Labute approximate surface area is 161 Å². The number of aromatic nitrogens is 3. The maximum Gasteiger partial charge on any atom is 0.0890 e. The molecular formula is C23H28N4. The van der Waals surface area contributed by atoms with E-state index < -0.39 is 0 Å². The van der Waals surface area contributed by atoms with Gasteiger partial charge in [0.1, 0.15) is 0 Å². The van der Waals surface area contributed by atoms with Crippen LogP contribution in [0.5, 0.6) is 0 Å². The number of piperidine rings is 1. The zero-order valence-corrected chi connectivity index (χ0v) is 16.5. The molecule has 27 heavy (non-hydrogen) atoms. The SMILES string of the molecule is Cc1cc(C[C@H]2CCCN([C@H](C)c3cnc4cccnc4c3)C2)cc(C)n1. The van der Waals surface area contributed by atoms with Crippen molar-refractivity contribution in [1.82, 2.24) is 19.9 Å². The Morgan fingerprint density at radius 1 is 1.11 bits per heavy atom. The third-order valence-corrected chi connectivity index (χ3v) is 5.72. The summed E-state index contributed by atoms with van der Waals surface area (Å²) in [7, 11) is 0. The molecule has 2 atom stereocenters. The van der Waals surface area contributed by atoms with Crippen molar-refractivity contribution in [2.75, 3.05) is 13.1 Å². The number of likely N-dealkylation sites (tertiary alicyclic amines) is 1. The van der Waals surface area contributed by atoms with Crippen LogP contribution in [0.25, 0.3) is 11.0 Å².